The van der Waals surface area contributed by atoms with Crippen LogP contribution in [-0.4, -0.2) is 36.8 Å². The van der Waals surface area contributed by atoms with Crippen LogP contribution >= 0.6 is 0 Å². The van der Waals surface area contributed by atoms with Crippen molar-refractivity contribution in [3.8, 4) is 11.8 Å². The average molecular weight is 360 g/mol. The first kappa shape index (κ1) is 16.8. The molecule has 138 valence electrons. The van der Waals surface area contributed by atoms with Gasteiger partial charge in [0.1, 0.15) is 11.4 Å². The maximum absolute atomic E-state index is 12.4. The van der Waals surface area contributed by atoms with E-state index >= 15 is 0 Å². The van der Waals surface area contributed by atoms with E-state index in [2.05, 4.69) is 37.1 Å². The Hall–Kier alpha value is -2.35. The Morgan fingerprint density at radius 1 is 1.26 bits per heavy atom. The number of nitrogens with zero attached hydrogens (tertiary/aromatic N) is 2. The SMILES string of the molecule is COc1ccc2c(c1)[C@@]1(C)CC3(C2)CN(C)[C@H]3[C@]1(O)c1cccc(C#N)c1. The van der Waals surface area contributed by atoms with Crippen LogP contribution < -0.4 is 4.74 Å². The zero-order chi connectivity index (χ0) is 19.0. The molecule has 2 aliphatic carbocycles. The molecule has 5 rings (SSSR count). The first-order valence-corrected chi connectivity index (χ1v) is 9.49. The lowest BCUT2D eigenvalue weighted by atomic mass is 9.63. The number of ether oxygens (including phenoxy) is 1. The topological polar surface area (TPSA) is 56.5 Å². The molecule has 1 N–H and O–H groups in total. The Bertz CT molecular complexity index is 996. The van der Waals surface area contributed by atoms with E-state index in [1.54, 1.807) is 13.2 Å². The van der Waals surface area contributed by atoms with Gasteiger partial charge in [0.05, 0.1) is 24.8 Å². The van der Waals surface area contributed by atoms with Gasteiger partial charge < -0.3 is 9.84 Å². The third-order valence-corrected chi connectivity index (χ3v) is 7.41. The van der Waals surface area contributed by atoms with Crippen LogP contribution in [-0.2, 0) is 17.4 Å². The fraction of sp³-hybridized carbons (Fsp3) is 0.435. The molecule has 0 amide bonds. The Kier molecular flexibility index (Phi) is 3.19. The lowest BCUT2D eigenvalue weighted by molar-refractivity contribution is -0.137. The van der Waals surface area contributed by atoms with E-state index in [1.165, 1.54) is 11.1 Å². The molecular formula is C23H24N2O2. The molecule has 0 aromatic heterocycles. The number of fused-ring (bicyclic) bond motifs is 3. The third kappa shape index (κ3) is 1.84. The number of likely N-dealkylation sites (N-methyl/N-ethyl adjacent to an activating group) is 1. The number of nitriles is 1. The zero-order valence-corrected chi connectivity index (χ0v) is 16.0. The maximum atomic E-state index is 12.4. The lowest BCUT2D eigenvalue weighted by Gasteiger charge is -2.56. The van der Waals surface area contributed by atoms with Crippen LogP contribution in [0.4, 0.5) is 0 Å². The Morgan fingerprint density at radius 2 is 2.07 bits per heavy atom. The van der Waals surface area contributed by atoms with E-state index in [0.29, 0.717) is 5.56 Å². The van der Waals surface area contributed by atoms with Crippen molar-refractivity contribution < 1.29 is 9.84 Å². The summed E-state index contributed by atoms with van der Waals surface area (Å²) in [5.74, 6) is 0.826. The van der Waals surface area contributed by atoms with Crippen LogP contribution in [0.5, 0.6) is 5.75 Å². The molecule has 1 saturated heterocycles. The van der Waals surface area contributed by atoms with E-state index in [4.69, 9.17) is 4.74 Å². The molecule has 2 aromatic rings. The number of benzene rings is 2. The van der Waals surface area contributed by atoms with Crippen molar-refractivity contribution in [3.05, 3.63) is 64.7 Å². The number of hydrogen-bond acceptors (Lipinski definition) is 4. The van der Waals surface area contributed by atoms with Gasteiger partial charge in [0, 0.05) is 17.4 Å². The van der Waals surface area contributed by atoms with Gasteiger partial charge in [-0.05, 0) is 60.8 Å². The molecule has 4 nitrogen and oxygen atoms in total. The first-order valence-electron chi connectivity index (χ1n) is 9.49. The van der Waals surface area contributed by atoms with Crippen molar-refractivity contribution in [1.82, 2.24) is 4.90 Å². The minimum Gasteiger partial charge on any atom is -0.497 e. The summed E-state index contributed by atoms with van der Waals surface area (Å²) in [6.45, 7) is 3.19. The second kappa shape index (κ2) is 5.13. The van der Waals surface area contributed by atoms with Crippen molar-refractivity contribution in [2.75, 3.05) is 20.7 Å². The number of rotatable bonds is 2. The van der Waals surface area contributed by atoms with Crippen LogP contribution in [0.2, 0.25) is 0 Å². The monoisotopic (exact) mass is 360 g/mol. The smallest absolute Gasteiger partial charge is 0.119 e. The molecule has 27 heavy (non-hydrogen) atoms. The van der Waals surface area contributed by atoms with Crippen LogP contribution in [0.1, 0.15) is 35.6 Å². The van der Waals surface area contributed by atoms with E-state index in [0.717, 1.165) is 30.7 Å². The van der Waals surface area contributed by atoms with Crippen LogP contribution in [0.15, 0.2) is 42.5 Å². The molecule has 1 unspecified atom stereocenters. The summed E-state index contributed by atoms with van der Waals surface area (Å²) in [5, 5.41) is 21.8. The van der Waals surface area contributed by atoms with Gasteiger partial charge in [0.25, 0.3) is 0 Å². The number of hydrogen-bond donors (Lipinski definition) is 1. The largest absolute Gasteiger partial charge is 0.497 e. The van der Waals surface area contributed by atoms with Gasteiger partial charge in [0.15, 0.2) is 0 Å². The summed E-state index contributed by atoms with van der Waals surface area (Å²) in [5.41, 5.74) is 2.53. The Morgan fingerprint density at radius 3 is 2.78 bits per heavy atom. The molecule has 4 atom stereocenters. The summed E-state index contributed by atoms with van der Waals surface area (Å²) in [6, 6.07) is 16.1. The van der Waals surface area contributed by atoms with E-state index in [-0.39, 0.29) is 11.5 Å². The van der Waals surface area contributed by atoms with Gasteiger partial charge in [-0.1, -0.05) is 25.1 Å². The summed E-state index contributed by atoms with van der Waals surface area (Å²) in [7, 11) is 3.79. The quantitative estimate of drug-likeness (QED) is 0.895. The first-order chi connectivity index (χ1) is 12.9. The Labute approximate surface area is 160 Å². The molecule has 4 heteroatoms. The molecule has 2 aromatic carbocycles. The predicted octanol–water partition coefficient (Wildman–Crippen LogP) is 2.97. The molecule has 1 spiro atoms. The fourth-order valence-electron chi connectivity index (χ4n) is 6.63. The molecule has 0 radical (unpaired) electrons. The Balaban J connectivity index is 1.78. The fourth-order valence-corrected chi connectivity index (χ4v) is 6.63. The molecular weight excluding hydrogens is 336 g/mol. The summed E-state index contributed by atoms with van der Waals surface area (Å²) in [4.78, 5) is 2.29. The second-order valence-corrected chi connectivity index (χ2v) is 8.85. The highest BCUT2D eigenvalue weighted by Crippen LogP contribution is 2.70. The highest BCUT2D eigenvalue weighted by atomic mass is 16.5. The van der Waals surface area contributed by atoms with E-state index < -0.39 is 11.0 Å². The van der Waals surface area contributed by atoms with Crippen LogP contribution in [0.25, 0.3) is 0 Å². The highest BCUT2D eigenvalue weighted by molar-refractivity contribution is 5.54. The number of methoxy groups -OCH3 is 1. The normalized spacial score (nSPS) is 36.3. The number of aliphatic hydroxyl groups is 1. The minimum absolute atomic E-state index is 0.0438. The molecule has 2 fully saturated rings. The molecule has 1 heterocycles. The number of likely N-dealkylation sites (tertiary alicyclic amines) is 1. The van der Waals surface area contributed by atoms with Gasteiger partial charge in [-0.15, -0.1) is 0 Å². The van der Waals surface area contributed by atoms with Crippen LogP contribution in [0.3, 0.4) is 0 Å². The molecule has 1 saturated carbocycles. The van der Waals surface area contributed by atoms with Crippen molar-refractivity contribution in [2.45, 2.75) is 36.8 Å². The van der Waals surface area contributed by atoms with E-state index in [1.807, 2.05) is 24.3 Å². The second-order valence-electron chi connectivity index (χ2n) is 8.85. The molecule has 1 aliphatic heterocycles. The van der Waals surface area contributed by atoms with Crippen molar-refractivity contribution >= 4 is 0 Å². The van der Waals surface area contributed by atoms with Gasteiger partial charge in [-0.3, -0.25) is 4.90 Å². The minimum atomic E-state index is -1.05. The molecule has 2 bridgehead atoms. The zero-order valence-electron chi connectivity index (χ0n) is 16.0. The van der Waals surface area contributed by atoms with Gasteiger partial charge in [0.2, 0.25) is 0 Å². The standard InChI is InChI=1S/C23H24N2O2/c1-21-13-22(11-16-7-8-18(27-3)10-19(16)21)14-25(2)20(22)23(21,26)17-6-4-5-15(9-17)12-24/h4-10,20,26H,11,13-14H2,1-3H3/t20-,21-,22?,23-/m1/s1. The molecule has 3 aliphatic rings. The van der Waals surface area contributed by atoms with Crippen molar-refractivity contribution in [3.63, 3.8) is 0 Å². The maximum Gasteiger partial charge on any atom is 0.119 e. The summed E-state index contributed by atoms with van der Waals surface area (Å²) >= 11 is 0. The van der Waals surface area contributed by atoms with Gasteiger partial charge >= 0.3 is 0 Å². The van der Waals surface area contributed by atoms with Gasteiger partial charge in [-0.2, -0.15) is 5.26 Å². The average Bonchev–Trinajstić information content (AvgIpc) is 2.79. The summed E-state index contributed by atoms with van der Waals surface area (Å²) in [6.07, 6.45) is 1.93. The van der Waals surface area contributed by atoms with Crippen molar-refractivity contribution in [2.24, 2.45) is 5.41 Å². The summed E-state index contributed by atoms with van der Waals surface area (Å²) < 4.78 is 5.50. The highest BCUT2D eigenvalue weighted by Gasteiger charge is 2.75. The lowest BCUT2D eigenvalue weighted by Crippen LogP contribution is -2.67. The van der Waals surface area contributed by atoms with E-state index in [9.17, 15) is 10.4 Å². The van der Waals surface area contributed by atoms with Crippen LogP contribution in [0, 0.1) is 16.7 Å². The predicted molar refractivity (Wildman–Crippen MR) is 103 cm³/mol. The van der Waals surface area contributed by atoms with Gasteiger partial charge in [-0.25, -0.2) is 0 Å². The third-order valence-electron chi connectivity index (χ3n) is 7.41. The van der Waals surface area contributed by atoms with Crippen molar-refractivity contribution in [1.29, 1.82) is 5.26 Å².